The van der Waals surface area contributed by atoms with Gasteiger partial charge in [0.05, 0.1) is 5.52 Å². The molecule has 1 aliphatic rings. The minimum absolute atomic E-state index is 0.335. The van der Waals surface area contributed by atoms with Crippen LogP contribution in [-0.2, 0) is 6.54 Å². The number of halogens is 2. The number of nitrogens with zero attached hydrogens (tertiary/aromatic N) is 2. The third kappa shape index (κ3) is 4.29. The minimum atomic E-state index is 0.335. The van der Waals surface area contributed by atoms with Crippen molar-refractivity contribution in [2.75, 3.05) is 4.90 Å². The Morgan fingerprint density at radius 1 is 1.07 bits per heavy atom. The molecule has 2 N–H and O–H groups in total. The van der Waals surface area contributed by atoms with Gasteiger partial charge in [-0.1, -0.05) is 39.7 Å². The number of benzene rings is 2. The first-order valence-electron chi connectivity index (χ1n) is 9.41. The highest BCUT2D eigenvalue weighted by Crippen LogP contribution is 2.34. The first-order chi connectivity index (χ1) is 13.1. The van der Waals surface area contributed by atoms with Gasteiger partial charge in [-0.05, 0) is 67.6 Å². The van der Waals surface area contributed by atoms with Crippen molar-refractivity contribution in [3.8, 4) is 0 Å². The number of rotatable bonds is 4. The molecule has 0 radical (unpaired) electrons. The number of pyridine rings is 1. The molecular formula is C22H23BrClN3. The van der Waals surface area contributed by atoms with E-state index in [-0.39, 0.29) is 0 Å². The smallest absolute Gasteiger partial charge is 0.0737 e. The first kappa shape index (κ1) is 18.7. The summed E-state index contributed by atoms with van der Waals surface area (Å²) < 4.78 is 1.11. The monoisotopic (exact) mass is 443 g/mol. The van der Waals surface area contributed by atoms with Crippen molar-refractivity contribution < 1.29 is 0 Å². The van der Waals surface area contributed by atoms with Crippen molar-refractivity contribution >= 4 is 44.1 Å². The second-order valence-corrected chi connectivity index (χ2v) is 8.67. The van der Waals surface area contributed by atoms with Crippen LogP contribution in [0.5, 0.6) is 0 Å². The number of hydrogen-bond donors (Lipinski definition) is 1. The standard InChI is InChI=1S/C22H23BrClN3/c23-16-3-1-2-15(12-16)14-27(19-7-5-18(25)6-8-19)22-10-11-26-21-13-17(24)4-9-20(21)22/h1-4,9-13,18-19H,5-8,14,25H2. The van der Waals surface area contributed by atoms with E-state index in [1.165, 1.54) is 11.3 Å². The molecule has 0 atom stereocenters. The molecule has 3 aromatic rings. The van der Waals surface area contributed by atoms with Crippen LogP contribution in [0.3, 0.4) is 0 Å². The first-order valence-corrected chi connectivity index (χ1v) is 10.6. The van der Waals surface area contributed by atoms with Gasteiger partial charge < -0.3 is 10.6 Å². The Bertz CT molecular complexity index is 938. The SMILES string of the molecule is NC1CCC(N(Cc2cccc(Br)c2)c2ccnc3cc(Cl)ccc23)CC1. The van der Waals surface area contributed by atoms with Crippen LogP contribution in [0.1, 0.15) is 31.2 Å². The zero-order chi connectivity index (χ0) is 18.8. The Balaban J connectivity index is 1.75. The number of nitrogens with two attached hydrogens (primary N) is 1. The quantitative estimate of drug-likeness (QED) is 0.542. The van der Waals surface area contributed by atoms with E-state index in [9.17, 15) is 0 Å². The largest absolute Gasteiger partial charge is 0.364 e. The van der Waals surface area contributed by atoms with Crippen molar-refractivity contribution in [3.05, 3.63) is 69.8 Å². The molecule has 0 aliphatic heterocycles. The highest BCUT2D eigenvalue weighted by Gasteiger charge is 2.26. The van der Waals surface area contributed by atoms with Gasteiger partial charge in [0.1, 0.15) is 0 Å². The maximum Gasteiger partial charge on any atom is 0.0737 e. The van der Waals surface area contributed by atoms with Gasteiger partial charge in [-0.25, -0.2) is 0 Å². The molecule has 1 aliphatic carbocycles. The molecule has 0 spiro atoms. The molecule has 0 bridgehead atoms. The molecule has 4 rings (SSSR count). The van der Waals surface area contributed by atoms with E-state index in [0.29, 0.717) is 17.1 Å². The molecule has 27 heavy (non-hydrogen) atoms. The van der Waals surface area contributed by atoms with Gasteiger partial charge in [0.15, 0.2) is 0 Å². The van der Waals surface area contributed by atoms with Gasteiger partial charge in [-0.3, -0.25) is 4.98 Å². The lowest BCUT2D eigenvalue weighted by atomic mass is 9.90. The van der Waals surface area contributed by atoms with E-state index in [2.05, 4.69) is 62.2 Å². The van der Waals surface area contributed by atoms with Crippen LogP contribution < -0.4 is 10.6 Å². The van der Waals surface area contributed by atoms with Crippen molar-refractivity contribution in [2.45, 2.75) is 44.3 Å². The fourth-order valence-corrected chi connectivity index (χ4v) is 4.63. The highest BCUT2D eigenvalue weighted by molar-refractivity contribution is 9.10. The molecule has 5 heteroatoms. The van der Waals surface area contributed by atoms with Crippen molar-refractivity contribution in [1.82, 2.24) is 4.98 Å². The van der Waals surface area contributed by atoms with Crippen LogP contribution >= 0.6 is 27.5 Å². The molecule has 3 nitrogen and oxygen atoms in total. The minimum Gasteiger partial charge on any atom is -0.364 e. The van der Waals surface area contributed by atoms with E-state index in [1.54, 1.807) is 0 Å². The summed E-state index contributed by atoms with van der Waals surface area (Å²) in [4.78, 5) is 7.06. The Labute approximate surface area is 173 Å². The Kier molecular flexibility index (Phi) is 5.67. The normalized spacial score (nSPS) is 20.0. The third-order valence-electron chi connectivity index (χ3n) is 5.42. The number of anilines is 1. The van der Waals surface area contributed by atoms with Crippen LogP contribution in [0.2, 0.25) is 5.02 Å². The summed E-state index contributed by atoms with van der Waals surface area (Å²) in [5.74, 6) is 0. The summed E-state index contributed by atoms with van der Waals surface area (Å²) in [5, 5.41) is 1.86. The fourth-order valence-electron chi connectivity index (χ4n) is 4.01. The molecule has 1 fully saturated rings. The van der Waals surface area contributed by atoms with Crippen LogP contribution in [0.25, 0.3) is 10.9 Å². The maximum atomic E-state index is 6.19. The number of hydrogen-bond acceptors (Lipinski definition) is 3. The maximum absolute atomic E-state index is 6.19. The molecule has 0 unspecified atom stereocenters. The van der Waals surface area contributed by atoms with Crippen LogP contribution in [0, 0.1) is 0 Å². The van der Waals surface area contributed by atoms with Crippen LogP contribution in [0.4, 0.5) is 5.69 Å². The Hall–Kier alpha value is -1.62. The summed E-state index contributed by atoms with van der Waals surface area (Å²) in [6.45, 7) is 0.862. The molecule has 2 aromatic carbocycles. The highest BCUT2D eigenvalue weighted by atomic mass is 79.9. The second kappa shape index (κ2) is 8.17. The predicted octanol–water partition coefficient (Wildman–Crippen LogP) is 5.93. The summed E-state index contributed by atoms with van der Waals surface area (Å²) in [6, 6.07) is 17.5. The van der Waals surface area contributed by atoms with E-state index >= 15 is 0 Å². The third-order valence-corrected chi connectivity index (χ3v) is 6.14. The molecule has 1 saturated carbocycles. The lowest BCUT2D eigenvalue weighted by Crippen LogP contribution is -2.40. The zero-order valence-corrected chi connectivity index (χ0v) is 17.5. The summed E-state index contributed by atoms with van der Waals surface area (Å²) in [6.07, 6.45) is 6.28. The van der Waals surface area contributed by atoms with E-state index in [1.807, 2.05) is 18.3 Å². The van der Waals surface area contributed by atoms with Gasteiger partial charge in [0, 0.05) is 45.4 Å². The lowest BCUT2D eigenvalue weighted by Gasteiger charge is -2.38. The average Bonchev–Trinajstić information content (AvgIpc) is 2.66. The van der Waals surface area contributed by atoms with Gasteiger partial charge in [-0.15, -0.1) is 0 Å². The number of aromatic nitrogens is 1. The summed E-state index contributed by atoms with van der Waals surface area (Å²) in [5.41, 5.74) is 9.61. The van der Waals surface area contributed by atoms with Gasteiger partial charge >= 0.3 is 0 Å². The zero-order valence-electron chi connectivity index (χ0n) is 15.1. The molecule has 140 valence electrons. The van der Waals surface area contributed by atoms with E-state index < -0.39 is 0 Å². The van der Waals surface area contributed by atoms with E-state index in [4.69, 9.17) is 17.3 Å². The fraction of sp³-hybridized carbons (Fsp3) is 0.318. The topological polar surface area (TPSA) is 42.1 Å². The Morgan fingerprint density at radius 2 is 1.89 bits per heavy atom. The van der Waals surface area contributed by atoms with Crippen molar-refractivity contribution in [1.29, 1.82) is 0 Å². The van der Waals surface area contributed by atoms with Gasteiger partial charge in [-0.2, -0.15) is 0 Å². The second-order valence-electron chi connectivity index (χ2n) is 7.32. The van der Waals surface area contributed by atoms with Gasteiger partial charge in [0.2, 0.25) is 0 Å². The van der Waals surface area contributed by atoms with Crippen LogP contribution in [-0.4, -0.2) is 17.1 Å². The lowest BCUT2D eigenvalue weighted by molar-refractivity contribution is 0.375. The van der Waals surface area contributed by atoms with Gasteiger partial charge in [0.25, 0.3) is 0 Å². The molecular weight excluding hydrogens is 422 g/mol. The van der Waals surface area contributed by atoms with Crippen LogP contribution in [0.15, 0.2) is 59.2 Å². The average molecular weight is 445 g/mol. The summed E-state index contributed by atoms with van der Waals surface area (Å²) >= 11 is 9.79. The van der Waals surface area contributed by atoms with E-state index in [0.717, 1.165) is 47.6 Å². The summed E-state index contributed by atoms with van der Waals surface area (Å²) in [7, 11) is 0. The Morgan fingerprint density at radius 3 is 2.67 bits per heavy atom. The molecule has 1 heterocycles. The predicted molar refractivity (Wildman–Crippen MR) is 117 cm³/mol. The van der Waals surface area contributed by atoms with Crippen molar-refractivity contribution in [2.24, 2.45) is 5.73 Å². The number of fused-ring (bicyclic) bond motifs is 1. The van der Waals surface area contributed by atoms with Crippen molar-refractivity contribution in [3.63, 3.8) is 0 Å². The molecule has 1 aromatic heterocycles. The molecule has 0 amide bonds. The molecule has 0 saturated heterocycles.